The fourth-order valence-corrected chi connectivity index (χ4v) is 2.10. The second-order valence-corrected chi connectivity index (χ2v) is 7.88. The van der Waals surface area contributed by atoms with E-state index in [4.69, 9.17) is 5.73 Å². The maximum atomic E-state index is 10.0. The molecule has 0 aliphatic carbocycles. The third-order valence-electron chi connectivity index (χ3n) is 3.64. The van der Waals surface area contributed by atoms with Gasteiger partial charge in [-0.15, -0.1) is 0 Å². The third-order valence-corrected chi connectivity index (χ3v) is 3.64. The monoisotopic (exact) mass is 324 g/mol. The van der Waals surface area contributed by atoms with Gasteiger partial charge in [0.25, 0.3) is 0 Å². The van der Waals surface area contributed by atoms with E-state index < -0.39 is 0 Å². The minimum Gasteiger partial charge on any atom is -0.399 e. The average Bonchev–Trinajstić information content (AvgIpc) is 2.47. The summed E-state index contributed by atoms with van der Waals surface area (Å²) in [4.78, 5) is 13.6. The summed E-state index contributed by atoms with van der Waals surface area (Å²) in [7, 11) is 0. The topological polar surface area (TPSA) is 55.4 Å². The molecule has 0 fully saturated rings. The van der Waals surface area contributed by atoms with Gasteiger partial charge in [-0.3, -0.25) is 0 Å². The molecule has 3 heteroatoms. The highest BCUT2D eigenvalue weighted by Crippen LogP contribution is 2.25. The molecular weight excluding hydrogens is 296 g/mol. The molecule has 0 bridgehead atoms. The minimum atomic E-state index is 0.0917. The lowest BCUT2D eigenvalue weighted by Gasteiger charge is -2.18. The first-order valence-electron chi connectivity index (χ1n) is 8.08. The first-order chi connectivity index (χ1) is 11.0. The molecule has 2 aromatic rings. The van der Waals surface area contributed by atoms with Crippen molar-refractivity contribution in [3.63, 3.8) is 0 Å². The lowest BCUT2D eigenvalue weighted by molar-refractivity contribution is 0.565. The van der Waals surface area contributed by atoms with Crippen molar-refractivity contribution < 1.29 is 4.79 Å². The van der Waals surface area contributed by atoms with E-state index >= 15 is 0 Å². The van der Waals surface area contributed by atoms with Gasteiger partial charge in [-0.25, -0.2) is 4.79 Å². The molecule has 0 amide bonds. The van der Waals surface area contributed by atoms with Crippen molar-refractivity contribution in [3.05, 3.63) is 59.7 Å². The van der Waals surface area contributed by atoms with Gasteiger partial charge in [0.05, 0.1) is 5.69 Å². The van der Waals surface area contributed by atoms with Crippen LogP contribution >= 0.6 is 0 Å². The van der Waals surface area contributed by atoms with Crippen LogP contribution in [0.5, 0.6) is 0 Å². The van der Waals surface area contributed by atoms with Gasteiger partial charge in [-0.1, -0.05) is 65.8 Å². The molecule has 0 saturated carbocycles. The van der Waals surface area contributed by atoms with E-state index in [1.165, 1.54) is 17.2 Å². The molecule has 0 aromatic heterocycles. The number of benzene rings is 2. The Balaban J connectivity index is 0.000000243. The molecule has 3 nitrogen and oxygen atoms in total. The van der Waals surface area contributed by atoms with Crippen LogP contribution in [0.1, 0.15) is 52.7 Å². The van der Waals surface area contributed by atoms with Gasteiger partial charge in [-0.05, 0) is 46.2 Å². The normalized spacial score (nSPS) is 11.1. The second-order valence-electron chi connectivity index (χ2n) is 7.88. The number of aliphatic imine (C=N–C) groups is 1. The maximum Gasteiger partial charge on any atom is 0.240 e. The highest BCUT2D eigenvalue weighted by atomic mass is 16.1. The van der Waals surface area contributed by atoms with E-state index in [0.29, 0.717) is 5.69 Å². The maximum absolute atomic E-state index is 10.0. The molecule has 0 unspecified atom stereocenters. The summed E-state index contributed by atoms with van der Waals surface area (Å²) in [5.41, 5.74) is 9.92. The van der Waals surface area contributed by atoms with Crippen molar-refractivity contribution >= 4 is 17.5 Å². The molecule has 2 rings (SSSR count). The zero-order valence-corrected chi connectivity index (χ0v) is 15.6. The Kier molecular flexibility index (Phi) is 6.51. The molecule has 2 N–H and O–H groups in total. The number of anilines is 1. The van der Waals surface area contributed by atoms with Crippen LogP contribution in [0.15, 0.2) is 53.5 Å². The van der Waals surface area contributed by atoms with Gasteiger partial charge in [-0.2, -0.15) is 4.99 Å². The molecule has 2 aromatic carbocycles. The first-order valence-corrected chi connectivity index (χ1v) is 8.08. The molecule has 0 spiro atoms. The third kappa shape index (κ3) is 6.39. The summed E-state index contributed by atoms with van der Waals surface area (Å²) >= 11 is 0. The van der Waals surface area contributed by atoms with Crippen molar-refractivity contribution in [2.45, 2.75) is 52.4 Å². The van der Waals surface area contributed by atoms with E-state index in [0.717, 1.165) is 5.69 Å². The lowest BCUT2D eigenvalue weighted by atomic mass is 9.87. The number of isocyanates is 1. The van der Waals surface area contributed by atoms with Crippen molar-refractivity contribution in [1.82, 2.24) is 0 Å². The van der Waals surface area contributed by atoms with E-state index in [-0.39, 0.29) is 10.8 Å². The van der Waals surface area contributed by atoms with Gasteiger partial charge in [0.15, 0.2) is 0 Å². The summed E-state index contributed by atoms with van der Waals surface area (Å²) in [6.45, 7) is 12.9. The summed E-state index contributed by atoms with van der Waals surface area (Å²) in [6, 6.07) is 15.7. The number of nitrogens with zero attached hydrogens (tertiary/aromatic N) is 1. The highest BCUT2D eigenvalue weighted by Gasteiger charge is 2.13. The Labute approximate surface area is 145 Å². The Hall–Kier alpha value is -2.38. The van der Waals surface area contributed by atoms with Gasteiger partial charge in [0.1, 0.15) is 0 Å². The van der Waals surface area contributed by atoms with E-state index in [2.05, 4.69) is 52.6 Å². The Bertz CT molecular complexity index is 715. The standard InChI is InChI=1S/C11H13NO.C10H15N/c1-11(2,3)9-5-4-6-10(7-9)12-8-13;1-10(2,3)8-5-4-6-9(11)7-8/h4-7H,1-3H3;4-7H,11H2,1-3H3. The predicted molar refractivity (Wildman–Crippen MR) is 102 cm³/mol. The van der Waals surface area contributed by atoms with Crippen LogP contribution in [0.4, 0.5) is 11.4 Å². The SMILES string of the molecule is CC(C)(C)c1cccc(N)c1.CC(C)(C)c1cccc(N=C=O)c1. The molecular formula is C21H28N2O. The molecule has 0 aliphatic rings. The van der Waals surface area contributed by atoms with Crippen LogP contribution in [0.2, 0.25) is 0 Å². The molecule has 0 heterocycles. The Morgan fingerprint density at radius 1 is 0.833 bits per heavy atom. The largest absolute Gasteiger partial charge is 0.399 e. The molecule has 24 heavy (non-hydrogen) atoms. The predicted octanol–water partition coefficient (Wildman–Crippen LogP) is 5.52. The summed E-state index contributed by atoms with van der Waals surface area (Å²) in [5, 5.41) is 0. The Morgan fingerprint density at radius 2 is 1.33 bits per heavy atom. The lowest BCUT2D eigenvalue weighted by Crippen LogP contribution is -2.10. The fraction of sp³-hybridized carbons (Fsp3) is 0.381. The van der Waals surface area contributed by atoms with Gasteiger partial charge in [0.2, 0.25) is 6.08 Å². The van der Waals surface area contributed by atoms with Crippen molar-refractivity contribution in [2.24, 2.45) is 4.99 Å². The summed E-state index contributed by atoms with van der Waals surface area (Å²) < 4.78 is 0. The van der Waals surface area contributed by atoms with Gasteiger partial charge < -0.3 is 5.73 Å². The van der Waals surface area contributed by atoms with Crippen LogP contribution < -0.4 is 5.73 Å². The van der Waals surface area contributed by atoms with Crippen molar-refractivity contribution in [3.8, 4) is 0 Å². The van der Waals surface area contributed by atoms with Crippen LogP contribution in [0.3, 0.4) is 0 Å². The summed E-state index contributed by atoms with van der Waals surface area (Å²) in [5.74, 6) is 0. The van der Waals surface area contributed by atoms with Gasteiger partial charge >= 0.3 is 0 Å². The number of rotatable bonds is 1. The van der Waals surface area contributed by atoms with E-state index in [9.17, 15) is 4.79 Å². The van der Waals surface area contributed by atoms with Crippen LogP contribution in [-0.4, -0.2) is 6.08 Å². The number of hydrogen-bond donors (Lipinski definition) is 1. The van der Waals surface area contributed by atoms with Crippen LogP contribution in [-0.2, 0) is 15.6 Å². The molecule has 128 valence electrons. The molecule has 0 aliphatic heterocycles. The molecule has 0 atom stereocenters. The van der Waals surface area contributed by atoms with E-state index in [1.54, 1.807) is 6.07 Å². The Morgan fingerprint density at radius 3 is 1.75 bits per heavy atom. The highest BCUT2D eigenvalue weighted by molar-refractivity contribution is 5.50. The number of nitrogens with two attached hydrogens (primary N) is 1. The zero-order chi connectivity index (χ0) is 18.4. The second kappa shape index (κ2) is 7.94. The number of carbonyl (C=O) groups excluding carboxylic acids is 1. The first kappa shape index (κ1) is 19.7. The summed E-state index contributed by atoms with van der Waals surface area (Å²) in [6.07, 6.45) is 1.54. The van der Waals surface area contributed by atoms with E-state index in [1.807, 2.05) is 36.4 Å². The number of hydrogen-bond acceptors (Lipinski definition) is 3. The van der Waals surface area contributed by atoms with Crippen molar-refractivity contribution in [1.29, 1.82) is 0 Å². The van der Waals surface area contributed by atoms with Crippen LogP contribution in [0.25, 0.3) is 0 Å². The zero-order valence-electron chi connectivity index (χ0n) is 15.6. The molecule has 0 saturated heterocycles. The number of nitrogen functional groups attached to an aromatic ring is 1. The average molecular weight is 324 g/mol. The fourth-order valence-electron chi connectivity index (χ4n) is 2.10. The minimum absolute atomic E-state index is 0.0917. The van der Waals surface area contributed by atoms with Crippen LogP contribution in [0, 0.1) is 0 Å². The molecule has 0 radical (unpaired) electrons. The quantitative estimate of drug-likeness (QED) is 0.427. The van der Waals surface area contributed by atoms with Crippen molar-refractivity contribution in [2.75, 3.05) is 5.73 Å². The smallest absolute Gasteiger partial charge is 0.240 e. The van der Waals surface area contributed by atoms with Gasteiger partial charge in [0, 0.05) is 5.69 Å².